The Morgan fingerprint density at radius 2 is 1.69 bits per heavy atom. The van der Waals surface area contributed by atoms with Gasteiger partial charge in [-0.05, 0) is 72.5 Å². The van der Waals surface area contributed by atoms with Crippen LogP contribution in [0.15, 0.2) is 0 Å². The zero-order chi connectivity index (χ0) is 12.0. The van der Waals surface area contributed by atoms with E-state index in [9.17, 15) is 0 Å². The van der Waals surface area contributed by atoms with Crippen molar-refractivity contribution in [3.05, 3.63) is 0 Å². The summed E-state index contributed by atoms with van der Waals surface area (Å²) in [6.07, 6.45) is 4.22. The Morgan fingerprint density at radius 3 is 2.12 bits per heavy atom. The standard InChI is InChI=1S/C14H28N2/c1-12-10-14(6-8-15(5)9-7-14)11-16(12)13(2,3)4/h12H,6-11H2,1-5H3/t12-/m1/s1. The van der Waals surface area contributed by atoms with Crippen LogP contribution in [0.5, 0.6) is 0 Å². The van der Waals surface area contributed by atoms with Crippen LogP contribution in [-0.4, -0.2) is 48.1 Å². The molecule has 2 fully saturated rings. The van der Waals surface area contributed by atoms with Crippen molar-refractivity contribution >= 4 is 0 Å². The second-order valence-electron chi connectivity index (χ2n) is 7.16. The van der Waals surface area contributed by atoms with Crippen molar-refractivity contribution in [2.24, 2.45) is 5.41 Å². The molecule has 0 N–H and O–H groups in total. The van der Waals surface area contributed by atoms with Gasteiger partial charge in [0.1, 0.15) is 0 Å². The van der Waals surface area contributed by atoms with Gasteiger partial charge in [-0.25, -0.2) is 0 Å². The predicted molar refractivity (Wildman–Crippen MR) is 69.7 cm³/mol. The Bertz CT molecular complexity index is 246. The molecule has 0 radical (unpaired) electrons. The minimum atomic E-state index is 0.340. The minimum Gasteiger partial charge on any atom is -0.306 e. The van der Waals surface area contributed by atoms with Crippen molar-refractivity contribution in [1.82, 2.24) is 9.80 Å². The van der Waals surface area contributed by atoms with Crippen molar-refractivity contribution < 1.29 is 0 Å². The van der Waals surface area contributed by atoms with Gasteiger partial charge in [-0.3, -0.25) is 4.90 Å². The lowest BCUT2D eigenvalue weighted by Crippen LogP contribution is -2.45. The normalized spacial score (nSPS) is 32.4. The van der Waals surface area contributed by atoms with E-state index in [1.54, 1.807) is 0 Å². The number of piperidine rings is 1. The van der Waals surface area contributed by atoms with E-state index in [-0.39, 0.29) is 0 Å². The maximum absolute atomic E-state index is 2.72. The van der Waals surface area contributed by atoms with Crippen LogP contribution in [0.1, 0.15) is 47.0 Å². The Hall–Kier alpha value is -0.0800. The zero-order valence-corrected chi connectivity index (χ0v) is 11.7. The van der Waals surface area contributed by atoms with Gasteiger partial charge in [-0.1, -0.05) is 0 Å². The molecule has 0 aliphatic carbocycles. The molecule has 0 aromatic heterocycles. The van der Waals surface area contributed by atoms with Crippen molar-refractivity contribution in [2.75, 3.05) is 26.7 Å². The van der Waals surface area contributed by atoms with E-state index in [0.29, 0.717) is 11.0 Å². The van der Waals surface area contributed by atoms with Crippen LogP contribution in [0, 0.1) is 5.41 Å². The molecule has 0 amide bonds. The highest BCUT2D eigenvalue weighted by Crippen LogP contribution is 2.45. The number of nitrogens with zero attached hydrogens (tertiary/aromatic N) is 2. The molecule has 94 valence electrons. The van der Waals surface area contributed by atoms with Crippen LogP contribution in [0.4, 0.5) is 0 Å². The van der Waals surface area contributed by atoms with Crippen LogP contribution < -0.4 is 0 Å². The second kappa shape index (κ2) is 3.99. The van der Waals surface area contributed by atoms with Gasteiger partial charge in [0.25, 0.3) is 0 Å². The van der Waals surface area contributed by atoms with Gasteiger partial charge >= 0.3 is 0 Å². The van der Waals surface area contributed by atoms with Crippen molar-refractivity contribution in [2.45, 2.75) is 58.5 Å². The van der Waals surface area contributed by atoms with Crippen molar-refractivity contribution in [1.29, 1.82) is 0 Å². The average Bonchev–Trinajstić information content (AvgIpc) is 2.49. The van der Waals surface area contributed by atoms with E-state index in [1.807, 2.05) is 0 Å². The third-order valence-electron chi connectivity index (χ3n) is 4.68. The molecule has 2 nitrogen and oxygen atoms in total. The molecule has 2 heteroatoms. The molecule has 1 spiro atoms. The summed E-state index contributed by atoms with van der Waals surface area (Å²) < 4.78 is 0. The van der Waals surface area contributed by atoms with Crippen LogP contribution in [0.3, 0.4) is 0 Å². The molecule has 0 saturated carbocycles. The van der Waals surface area contributed by atoms with Gasteiger partial charge in [0.05, 0.1) is 0 Å². The molecule has 2 aliphatic rings. The highest BCUT2D eigenvalue weighted by Gasteiger charge is 2.46. The maximum Gasteiger partial charge on any atom is 0.0128 e. The Morgan fingerprint density at radius 1 is 1.12 bits per heavy atom. The molecule has 0 aromatic carbocycles. The van der Waals surface area contributed by atoms with E-state index < -0.39 is 0 Å². The summed E-state index contributed by atoms with van der Waals surface area (Å²) in [4.78, 5) is 5.20. The van der Waals surface area contributed by atoms with Gasteiger partial charge in [0.15, 0.2) is 0 Å². The summed E-state index contributed by atoms with van der Waals surface area (Å²) in [6, 6.07) is 0.767. The van der Waals surface area contributed by atoms with Gasteiger partial charge in [0.2, 0.25) is 0 Å². The van der Waals surface area contributed by atoms with E-state index >= 15 is 0 Å². The summed E-state index contributed by atoms with van der Waals surface area (Å²) in [5.41, 5.74) is 0.978. The monoisotopic (exact) mass is 224 g/mol. The first-order chi connectivity index (χ1) is 7.32. The van der Waals surface area contributed by atoms with Gasteiger partial charge in [-0.15, -0.1) is 0 Å². The molecule has 2 heterocycles. The molecule has 0 aromatic rings. The first-order valence-electron chi connectivity index (χ1n) is 6.78. The number of hydrogen-bond donors (Lipinski definition) is 0. The van der Waals surface area contributed by atoms with E-state index in [2.05, 4.69) is 44.5 Å². The van der Waals surface area contributed by atoms with Crippen molar-refractivity contribution in [3.63, 3.8) is 0 Å². The molecule has 1 atom stereocenters. The predicted octanol–water partition coefficient (Wildman–Crippen LogP) is 2.59. The summed E-state index contributed by atoms with van der Waals surface area (Å²) in [5.74, 6) is 0. The highest BCUT2D eigenvalue weighted by molar-refractivity contribution is 5.00. The fourth-order valence-corrected chi connectivity index (χ4v) is 3.67. The van der Waals surface area contributed by atoms with Gasteiger partial charge < -0.3 is 4.90 Å². The van der Waals surface area contributed by atoms with Crippen LogP contribution in [0.25, 0.3) is 0 Å². The van der Waals surface area contributed by atoms with Crippen LogP contribution in [0.2, 0.25) is 0 Å². The molecule has 2 saturated heterocycles. The number of hydrogen-bond acceptors (Lipinski definition) is 2. The summed E-state index contributed by atoms with van der Waals surface area (Å²) in [5, 5.41) is 0. The molecular weight excluding hydrogens is 196 g/mol. The first-order valence-corrected chi connectivity index (χ1v) is 6.78. The lowest BCUT2D eigenvalue weighted by Gasteiger charge is -2.40. The summed E-state index contributed by atoms with van der Waals surface area (Å²) in [7, 11) is 2.26. The second-order valence-corrected chi connectivity index (χ2v) is 7.16. The summed E-state index contributed by atoms with van der Waals surface area (Å²) >= 11 is 0. The largest absolute Gasteiger partial charge is 0.306 e. The molecule has 0 bridgehead atoms. The molecule has 16 heavy (non-hydrogen) atoms. The lowest BCUT2D eigenvalue weighted by molar-refractivity contribution is 0.0904. The Balaban J connectivity index is 2.05. The molecular formula is C14H28N2. The summed E-state index contributed by atoms with van der Waals surface area (Å²) in [6.45, 7) is 13.4. The topological polar surface area (TPSA) is 6.48 Å². The minimum absolute atomic E-state index is 0.340. The van der Waals surface area contributed by atoms with E-state index in [0.717, 1.165) is 6.04 Å². The van der Waals surface area contributed by atoms with E-state index in [1.165, 1.54) is 38.9 Å². The highest BCUT2D eigenvalue weighted by atomic mass is 15.2. The Labute approximate surface area is 101 Å². The Kier molecular flexibility index (Phi) is 3.09. The number of rotatable bonds is 0. The lowest BCUT2D eigenvalue weighted by atomic mass is 9.77. The smallest absolute Gasteiger partial charge is 0.0128 e. The third kappa shape index (κ3) is 2.28. The number of likely N-dealkylation sites (tertiary alicyclic amines) is 2. The van der Waals surface area contributed by atoms with Crippen LogP contribution >= 0.6 is 0 Å². The molecule has 0 unspecified atom stereocenters. The fraction of sp³-hybridized carbons (Fsp3) is 1.00. The first kappa shape index (κ1) is 12.4. The quantitative estimate of drug-likeness (QED) is 0.624. The van der Waals surface area contributed by atoms with Crippen LogP contribution in [-0.2, 0) is 0 Å². The third-order valence-corrected chi connectivity index (χ3v) is 4.68. The van der Waals surface area contributed by atoms with Gasteiger partial charge in [0, 0.05) is 18.1 Å². The molecule has 2 aliphatic heterocycles. The van der Waals surface area contributed by atoms with Crippen molar-refractivity contribution in [3.8, 4) is 0 Å². The van der Waals surface area contributed by atoms with Gasteiger partial charge in [-0.2, -0.15) is 0 Å². The average molecular weight is 224 g/mol. The fourth-order valence-electron chi connectivity index (χ4n) is 3.67. The SMILES string of the molecule is C[C@@H]1CC2(CCN(C)CC2)CN1C(C)(C)C. The van der Waals surface area contributed by atoms with E-state index in [4.69, 9.17) is 0 Å². The maximum atomic E-state index is 2.72. The molecule has 2 rings (SSSR count). The zero-order valence-electron chi connectivity index (χ0n) is 11.7.